The third-order valence-electron chi connectivity index (χ3n) is 5.90. The summed E-state index contributed by atoms with van der Waals surface area (Å²) in [6, 6.07) is 11.1. The molecule has 2 fully saturated rings. The summed E-state index contributed by atoms with van der Waals surface area (Å²) in [5, 5.41) is 21.4. The zero-order valence-corrected chi connectivity index (χ0v) is 21.0. The molecule has 0 aromatic heterocycles. The van der Waals surface area contributed by atoms with Crippen molar-refractivity contribution in [3.05, 3.63) is 68.1 Å². The largest absolute Gasteiger partial charge is 0.507 e. The molecule has 2 aromatic rings. The molecule has 2 aliphatic heterocycles. The van der Waals surface area contributed by atoms with Crippen molar-refractivity contribution >= 4 is 49.3 Å². The van der Waals surface area contributed by atoms with Crippen LogP contribution in [0.25, 0.3) is 5.76 Å². The average molecular weight is 580 g/mol. The van der Waals surface area contributed by atoms with Crippen molar-refractivity contribution < 1.29 is 24.5 Å². The lowest BCUT2D eigenvalue weighted by Gasteiger charge is -2.29. The summed E-state index contributed by atoms with van der Waals surface area (Å²) < 4.78 is 6.81. The summed E-state index contributed by atoms with van der Waals surface area (Å²) in [7, 11) is 0. The van der Waals surface area contributed by atoms with Crippen molar-refractivity contribution in [1.82, 2.24) is 9.80 Å². The second-order valence-electron chi connectivity index (χ2n) is 8.02. The van der Waals surface area contributed by atoms with Gasteiger partial charge < -0.3 is 19.8 Å². The summed E-state index contributed by atoms with van der Waals surface area (Å²) in [4.78, 5) is 30.0. The van der Waals surface area contributed by atoms with Crippen LogP contribution < -0.4 is 0 Å². The molecule has 9 heteroatoms. The first-order valence-electron chi connectivity index (χ1n) is 10.7. The fourth-order valence-corrected chi connectivity index (χ4v) is 5.04. The highest BCUT2D eigenvalue weighted by atomic mass is 79.9. The first-order chi connectivity index (χ1) is 15.9. The number of hydrogen-bond donors (Lipinski definition) is 2. The Bertz CT molecular complexity index is 1100. The van der Waals surface area contributed by atoms with Crippen molar-refractivity contribution in [3.8, 4) is 5.75 Å². The van der Waals surface area contributed by atoms with E-state index in [9.17, 15) is 19.8 Å². The topological polar surface area (TPSA) is 90.3 Å². The molecule has 2 aliphatic rings. The van der Waals surface area contributed by atoms with Gasteiger partial charge in [-0.05, 0) is 42.3 Å². The van der Waals surface area contributed by atoms with Crippen LogP contribution in [0.5, 0.6) is 5.75 Å². The Morgan fingerprint density at radius 3 is 2.48 bits per heavy atom. The molecule has 0 bridgehead atoms. The summed E-state index contributed by atoms with van der Waals surface area (Å²) in [5.41, 5.74) is 0.763. The molecule has 1 atom stereocenters. The lowest BCUT2D eigenvalue weighted by Crippen LogP contribution is -2.38. The normalized spacial score (nSPS) is 21.0. The Labute approximate surface area is 208 Å². The molecule has 4 rings (SSSR count). The maximum Gasteiger partial charge on any atom is 0.295 e. The number of phenols is 1. The molecular weight excluding hydrogens is 556 g/mol. The van der Waals surface area contributed by atoms with E-state index in [1.54, 1.807) is 6.07 Å². The van der Waals surface area contributed by atoms with Crippen LogP contribution in [0, 0.1) is 0 Å². The molecule has 2 saturated heterocycles. The number of nitrogens with zero attached hydrogens (tertiary/aromatic N) is 2. The van der Waals surface area contributed by atoms with E-state index in [0.29, 0.717) is 36.2 Å². The van der Waals surface area contributed by atoms with Gasteiger partial charge in [0.15, 0.2) is 0 Å². The van der Waals surface area contributed by atoms with Crippen LogP contribution in [0.3, 0.4) is 0 Å². The van der Waals surface area contributed by atoms with Crippen molar-refractivity contribution in [3.63, 3.8) is 0 Å². The number of carbonyl (C=O) groups excluding carboxylic acids is 2. The highest BCUT2D eigenvalue weighted by Gasteiger charge is 2.46. The molecule has 0 saturated carbocycles. The van der Waals surface area contributed by atoms with Crippen LogP contribution in [-0.4, -0.2) is 71.1 Å². The van der Waals surface area contributed by atoms with Crippen LogP contribution in [-0.2, 0) is 14.3 Å². The van der Waals surface area contributed by atoms with Crippen LogP contribution in [0.4, 0.5) is 0 Å². The second kappa shape index (κ2) is 10.4. The lowest BCUT2D eigenvalue weighted by atomic mass is 9.95. The van der Waals surface area contributed by atoms with Gasteiger partial charge in [0.05, 0.1) is 30.4 Å². The number of aliphatic hydroxyl groups excluding tert-OH is 1. The molecule has 7 nitrogen and oxygen atoms in total. The Morgan fingerprint density at radius 2 is 1.76 bits per heavy atom. The molecule has 2 N–H and O–H groups in total. The van der Waals surface area contributed by atoms with Crippen LogP contribution in [0.15, 0.2) is 57.0 Å². The zero-order valence-electron chi connectivity index (χ0n) is 17.8. The van der Waals surface area contributed by atoms with Gasteiger partial charge in [-0.2, -0.15) is 0 Å². The van der Waals surface area contributed by atoms with E-state index in [1.165, 1.54) is 17.0 Å². The standard InChI is InChI=1S/C24H24Br2N2O5/c25-16-4-1-3-15(13-16)21-20(22(30)18-14-17(26)5-6-19(18)29)23(31)24(32)28(21)8-2-7-27-9-11-33-12-10-27/h1,3-6,13-14,21,29-30H,2,7-12H2/t21-/m0/s1. The number of hydrogen-bond acceptors (Lipinski definition) is 6. The number of morpholine rings is 1. The third kappa shape index (κ3) is 5.16. The predicted octanol–water partition coefficient (Wildman–Crippen LogP) is 4.06. The number of aliphatic hydroxyl groups is 1. The molecule has 0 spiro atoms. The number of aromatic hydroxyl groups is 1. The Morgan fingerprint density at radius 1 is 1.03 bits per heavy atom. The van der Waals surface area contributed by atoms with Gasteiger partial charge in [-0.25, -0.2) is 0 Å². The highest BCUT2D eigenvalue weighted by Crippen LogP contribution is 2.41. The minimum absolute atomic E-state index is 0.0297. The molecule has 2 aromatic carbocycles. The van der Waals surface area contributed by atoms with Crippen molar-refractivity contribution in [2.75, 3.05) is 39.4 Å². The first-order valence-corrected chi connectivity index (χ1v) is 12.3. The van der Waals surface area contributed by atoms with Gasteiger partial charge in [0.2, 0.25) is 0 Å². The van der Waals surface area contributed by atoms with Gasteiger partial charge in [0.1, 0.15) is 11.5 Å². The Kier molecular flexibility index (Phi) is 7.53. The minimum atomic E-state index is -0.761. The SMILES string of the molecule is O=C1C(=O)N(CCCN2CCOCC2)[C@@H](c2cccc(Br)c2)C1=C(O)c1cc(Br)ccc1O. The van der Waals surface area contributed by atoms with E-state index in [1.807, 2.05) is 24.3 Å². The van der Waals surface area contributed by atoms with E-state index in [0.717, 1.165) is 24.1 Å². The van der Waals surface area contributed by atoms with Crippen molar-refractivity contribution in [1.29, 1.82) is 0 Å². The fraction of sp³-hybridized carbons (Fsp3) is 0.333. The number of phenolic OH excluding ortho intramolecular Hbond substituents is 1. The van der Waals surface area contributed by atoms with E-state index in [2.05, 4.69) is 36.8 Å². The number of benzene rings is 2. The van der Waals surface area contributed by atoms with Gasteiger partial charge >= 0.3 is 0 Å². The number of likely N-dealkylation sites (tertiary alicyclic amines) is 1. The van der Waals surface area contributed by atoms with E-state index < -0.39 is 23.5 Å². The van der Waals surface area contributed by atoms with Crippen LogP contribution in [0.1, 0.15) is 23.6 Å². The second-order valence-corrected chi connectivity index (χ2v) is 9.85. The summed E-state index contributed by atoms with van der Waals surface area (Å²) in [5.74, 6) is -1.99. The molecule has 0 radical (unpaired) electrons. The zero-order chi connectivity index (χ0) is 23.5. The number of carbonyl (C=O) groups is 2. The minimum Gasteiger partial charge on any atom is -0.507 e. The van der Waals surface area contributed by atoms with Crippen molar-refractivity contribution in [2.45, 2.75) is 12.5 Å². The number of ketones is 1. The summed E-state index contributed by atoms with van der Waals surface area (Å²) in [6.45, 7) is 4.22. The Balaban J connectivity index is 1.71. The Hall–Kier alpha value is -2.20. The summed E-state index contributed by atoms with van der Waals surface area (Å²) in [6.07, 6.45) is 0.680. The molecule has 174 valence electrons. The van der Waals surface area contributed by atoms with Crippen molar-refractivity contribution in [2.24, 2.45) is 0 Å². The maximum atomic E-state index is 13.1. The molecule has 33 heavy (non-hydrogen) atoms. The molecule has 0 aliphatic carbocycles. The fourth-order valence-electron chi connectivity index (χ4n) is 4.27. The monoisotopic (exact) mass is 578 g/mol. The quantitative estimate of drug-likeness (QED) is 0.305. The average Bonchev–Trinajstić information content (AvgIpc) is 3.06. The molecule has 1 amide bonds. The maximum absolute atomic E-state index is 13.1. The molecular formula is C24H24Br2N2O5. The van der Waals surface area contributed by atoms with Gasteiger partial charge in [-0.3, -0.25) is 14.5 Å². The predicted molar refractivity (Wildman–Crippen MR) is 131 cm³/mol. The number of rotatable bonds is 6. The highest BCUT2D eigenvalue weighted by molar-refractivity contribution is 9.10. The van der Waals surface area contributed by atoms with Gasteiger partial charge in [0.25, 0.3) is 11.7 Å². The van der Waals surface area contributed by atoms with E-state index in [-0.39, 0.29) is 16.9 Å². The number of amides is 1. The third-order valence-corrected chi connectivity index (χ3v) is 6.88. The number of ether oxygens (including phenoxy) is 1. The van der Waals surface area contributed by atoms with Gasteiger partial charge in [-0.15, -0.1) is 0 Å². The van der Waals surface area contributed by atoms with E-state index >= 15 is 0 Å². The number of Topliss-reactive ketones (excluding diaryl/α,β-unsaturated/α-hetero) is 1. The van der Waals surface area contributed by atoms with Gasteiger partial charge in [0, 0.05) is 35.1 Å². The lowest BCUT2D eigenvalue weighted by molar-refractivity contribution is -0.140. The smallest absolute Gasteiger partial charge is 0.295 e. The molecule has 2 heterocycles. The van der Waals surface area contributed by atoms with Gasteiger partial charge in [-0.1, -0.05) is 44.0 Å². The number of halogens is 2. The van der Waals surface area contributed by atoms with Crippen LogP contribution in [0.2, 0.25) is 0 Å². The molecule has 0 unspecified atom stereocenters. The van der Waals surface area contributed by atoms with Crippen LogP contribution >= 0.6 is 31.9 Å². The first kappa shape index (κ1) is 23.9. The summed E-state index contributed by atoms with van der Waals surface area (Å²) >= 11 is 6.78. The van der Waals surface area contributed by atoms with E-state index in [4.69, 9.17) is 4.74 Å².